The normalized spacial score (nSPS) is 16.7. The van der Waals surface area contributed by atoms with Gasteiger partial charge in [0.25, 0.3) is 0 Å². The maximum atomic E-state index is 6.33. The molecule has 1 fully saturated rings. The maximum absolute atomic E-state index is 6.33. The highest BCUT2D eigenvalue weighted by molar-refractivity contribution is 6.31. The number of benzene rings is 1. The molecule has 0 radical (unpaired) electrons. The second kappa shape index (κ2) is 8.71. The fourth-order valence-corrected chi connectivity index (χ4v) is 2.89. The molecule has 0 aliphatic carbocycles. The van der Waals surface area contributed by atoms with Gasteiger partial charge in [0.15, 0.2) is 0 Å². The van der Waals surface area contributed by atoms with Crippen molar-refractivity contribution in [2.45, 2.75) is 11.8 Å². The van der Waals surface area contributed by atoms with Crippen LogP contribution < -0.4 is 5.32 Å². The fraction of sp³-hybridized carbons (Fsp3) is 0.625. The monoisotopic (exact) mass is 313 g/mol. The van der Waals surface area contributed by atoms with E-state index in [0.29, 0.717) is 26.4 Å². The zero-order valence-electron chi connectivity index (χ0n) is 12.6. The summed E-state index contributed by atoms with van der Waals surface area (Å²) in [4.78, 5) is 0. The minimum Gasteiger partial charge on any atom is -0.382 e. The fourth-order valence-electron chi connectivity index (χ4n) is 2.55. The quantitative estimate of drug-likeness (QED) is 0.673. The van der Waals surface area contributed by atoms with Crippen LogP contribution in [0.5, 0.6) is 0 Å². The Morgan fingerprint density at radius 1 is 1.05 bits per heavy atom. The summed E-state index contributed by atoms with van der Waals surface area (Å²) >= 11 is 6.33. The molecule has 21 heavy (non-hydrogen) atoms. The molecule has 1 aliphatic rings. The molecule has 1 aromatic rings. The first-order chi connectivity index (χ1) is 10.3. The third-order valence-corrected chi connectivity index (χ3v) is 4.23. The van der Waals surface area contributed by atoms with E-state index in [1.807, 2.05) is 18.2 Å². The van der Waals surface area contributed by atoms with Crippen LogP contribution in [0.15, 0.2) is 24.3 Å². The van der Waals surface area contributed by atoms with Crippen molar-refractivity contribution in [3.63, 3.8) is 0 Å². The van der Waals surface area contributed by atoms with Gasteiger partial charge in [0.05, 0.1) is 26.4 Å². The van der Waals surface area contributed by atoms with Gasteiger partial charge >= 0.3 is 0 Å². The molecule has 2 rings (SSSR count). The Morgan fingerprint density at radius 2 is 1.71 bits per heavy atom. The van der Waals surface area contributed by atoms with Gasteiger partial charge in [0, 0.05) is 37.2 Å². The minimum absolute atomic E-state index is 0.120. The Morgan fingerprint density at radius 3 is 2.33 bits per heavy atom. The van der Waals surface area contributed by atoms with Crippen LogP contribution in [-0.4, -0.2) is 53.2 Å². The van der Waals surface area contributed by atoms with E-state index in [1.165, 1.54) is 5.56 Å². The third kappa shape index (κ3) is 4.66. The second-order valence-corrected chi connectivity index (χ2v) is 5.74. The van der Waals surface area contributed by atoms with E-state index in [9.17, 15) is 0 Å². The van der Waals surface area contributed by atoms with Crippen molar-refractivity contribution in [1.29, 1.82) is 0 Å². The van der Waals surface area contributed by atoms with E-state index < -0.39 is 0 Å². The molecule has 1 saturated heterocycles. The van der Waals surface area contributed by atoms with E-state index in [-0.39, 0.29) is 5.41 Å². The molecule has 0 bridgehead atoms. The molecule has 1 N–H and O–H groups in total. The van der Waals surface area contributed by atoms with Gasteiger partial charge in [-0.05, 0) is 18.1 Å². The van der Waals surface area contributed by atoms with Crippen LogP contribution >= 0.6 is 11.6 Å². The smallest absolute Gasteiger partial charge is 0.0701 e. The number of hydrogen-bond acceptors (Lipinski definition) is 4. The van der Waals surface area contributed by atoms with Crippen LogP contribution in [0.1, 0.15) is 12.0 Å². The molecule has 118 valence electrons. The van der Waals surface area contributed by atoms with E-state index in [4.69, 9.17) is 25.8 Å². The molecular formula is C16H24ClNO3. The lowest BCUT2D eigenvalue weighted by Gasteiger charge is -2.43. The van der Waals surface area contributed by atoms with Gasteiger partial charge in [-0.1, -0.05) is 29.8 Å². The number of halogens is 1. The Kier molecular flexibility index (Phi) is 6.93. The van der Waals surface area contributed by atoms with E-state index in [1.54, 1.807) is 7.11 Å². The molecule has 0 atom stereocenters. The molecule has 0 amide bonds. The number of nitrogens with one attached hydrogen (secondary N) is 1. The molecule has 0 unspecified atom stereocenters. The minimum atomic E-state index is 0.120. The summed E-state index contributed by atoms with van der Waals surface area (Å²) in [6, 6.07) is 8.10. The summed E-state index contributed by atoms with van der Waals surface area (Å²) in [5.41, 5.74) is 1.35. The second-order valence-electron chi connectivity index (χ2n) is 5.33. The van der Waals surface area contributed by atoms with E-state index in [0.717, 1.165) is 31.1 Å². The summed E-state index contributed by atoms with van der Waals surface area (Å²) in [6.45, 7) is 5.13. The van der Waals surface area contributed by atoms with Gasteiger partial charge in [-0.15, -0.1) is 0 Å². The molecule has 4 nitrogen and oxygen atoms in total. The summed E-state index contributed by atoms with van der Waals surface area (Å²) in [5.74, 6) is 0. The van der Waals surface area contributed by atoms with Crippen LogP contribution in [0.2, 0.25) is 5.02 Å². The molecule has 5 heteroatoms. The Bertz CT molecular complexity index is 424. The lowest BCUT2D eigenvalue weighted by molar-refractivity contribution is 0.0182. The average molecular weight is 314 g/mol. The molecule has 0 aromatic heterocycles. The molecule has 0 spiro atoms. The molecule has 1 heterocycles. The molecule has 0 saturated carbocycles. The van der Waals surface area contributed by atoms with Crippen LogP contribution in [0.25, 0.3) is 0 Å². The van der Waals surface area contributed by atoms with Crippen molar-refractivity contribution < 1.29 is 14.2 Å². The maximum Gasteiger partial charge on any atom is 0.0701 e. The highest BCUT2D eigenvalue weighted by Gasteiger charge is 2.39. The molecular weight excluding hydrogens is 290 g/mol. The first kappa shape index (κ1) is 16.7. The first-order valence-corrected chi connectivity index (χ1v) is 7.76. The topological polar surface area (TPSA) is 39.7 Å². The van der Waals surface area contributed by atoms with Crippen molar-refractivity contribution in [1.82, 2.24) is 5.32 Å². The molecule has 1 aromatic carbocycles. The number of methoxy groups -OCH3 is 1. The standard InChI is InChI=1S/C16H24ClNO3/c1-19-8-9-21-11-10-20-7-6-16(12-18-13-16)14-4-2-3-5-15(14)17/h2-5,18H,6-13H2,1H3. The predicted molar refractivity (Wildman–Crippen MR) is 84.1 cm³/mol. The summed E-state index contributed by atoms with van der Waals surface area (Å²) in [7, 11) is 1.67. The SMILES string of the molecule is COCCOCCOCCC1(c2ccccc2Cl)CNC1. The Labute approximate surface area is 131 Å². The third-order valence-electron chi connectivity index (χ3n) is 3.90. The van der Waals surface area contributed by atoms with Crippen molar-refractivity contribution >= 4 is 11.6 Å². The van der Waals surface area contributed by atoms with Gasteiger partial charge in [-0.2, -0.15) is 0 Å². The summed E-state index contributed by atoms with van der Waals surface area (Å²) in [6.07, 6.45) is 0.974. The van der Waals surface area contributed by atoms with Crippen molar-refractivity contribution in [2.24, 2.45) is 0 Å². The highest BCUT2D eigenvalue weighted by Crippen LogP contribution is 2.36. The summed E-state index contributed by atoms with van der Waals surface area (Å²) in [5, 5.41) is 4.20. The summed E-state index contributed by atoms with van der Waals surface area (Å²) < 4.78 is 15.9. The van der Waals surface area contributed by atoms with Crippen LogP contribution in [-0.2, 0) is 19.6 Å². The van der Waals surface area contributed by atoms with Crippen LogP contribution in [0.4, 0.5) is 0 Å². The number of ether oxygens (including phenoxy) is 3. The van der Waals surface area contributed by atoms with Crippen molar-refractivity contribution in [3.05, 3.63) is 34.9 Å². The lowest BCUT2D eigenvalue weighted by Crippen LogP contribution is -2.57. The first-order valence-electron chi connectivity index (χ1n) is 7.39. The number of hydrogen-bond donors (Lipinski definition) is 1. The van der Waals surface area contributed by atoms with Crippen LogP contribution in [0, 0.1) is 0 Å². The van der Waals surface area contributed by atoms with Gasteiger partial charge in [0.2, 0.25) is 0 Å². The van der Waals surface area contributed by atoms with Crippen molar-refractivity contribution in [2.75, 3.05) is 53.2 Å². The number of rotatable bonds is 10. The zero-order valence-corrected chi connectivity index (χ0v) is 13.3. The lowest BCUT2D eigenvalue weighted by atomic mass is 9.73. The zero-order chi connectivity index (χ0) is 15.0. The van der Waals surface area contributed by atoms with Crippen molar-refractivity contribution in [3.8, 4) is 0 Å². The highest BCUT2D eigenvalue weighted by atomic mass is 35.5. The van der Waals surface area contributed by atoms with Gasteiger partial charge < -0.3 is 19.5 Å². The average Bonchev–Trinajstić information content (AvgIpc) is 2.45. The Balaban J connectivity index is 1.70. The largest absolute Gasteiger partial charge is 0.382 e. The Hall–Kier alpha value is -0.650. The van der Waals surface area contributed by atoms with Gasteiger partial charge in [0.1, 0.15) is 0 Å². The van der Waals surface area contributed by atoms with Gasteiger partial charge in [-0.25, -0.2) is 0 Å². The predicted octanol–water partition coefficient (Wildman–Crippen LogP) is 2.25. The van der Waals surface area contributed by atoms with E-state index in [2.05, 4.69) is 11.4 Å². The van der Waals surface area contributed by atoms with Gasteiger partial charge in [-0.3, -0.25) is 0 Å². The molecule has 1 aliphatic heterocycles. The van der Waals surface area contributed by atoms with Crippen LogP contribution in [0.3, 0.4) is 0 Å². The van der Waals surface area contributed by atoms with E-state index >= 15 is 0 Å².